The first kappa shape index (κ1) is 17.3. The van der Waals surface area contributed by atoms with Gasteiger partial charge in [-0.1, -0.05) is 5.16 Å². The van der Waals surface area contributed by atoms with Crippen LogP contribution in [0.1, 0.15) is 23.0 Å². The molecule has 0 aliphatic carbocycles. The van der Waals surface area contributed by atoms with Crippen molar-refractivity contribution in [2.24, 2.45) is 0 Å². The van der Waals surface area contributed by atoms with Gasteiger partial charge < -0.3 is 24.1 Å². The van der Waals surface area contributed by atoms with Crippen molar-refractivity contribution in [2.45, 2.75) is 20.0 Å². The topological polar surface area (TPSA) is 99.9 Å². The lowest BCUT2D eigenvalue weighted by Crippen LogP contribution is -2.30. The Morgan fingerprint density at radius 2 is 1.96 bits per heavy atom. The van der Waals surface area contributed by atoms with Crippen LogP contribution in [0.25, 0.3) is 0 Å². The second kappa shape index (κ2) is 7.49. The van der Waals surface area contributed by atoms with Crippen molar-refractivity contribution in [1.29, 1.82) is 0 Å². The van der Waals surface area contributed by atoms with E-state index in [4.69, 9.17) is 18.7 Å². The second-order valence-electron chi connectivity index (χ2n) is 4.93. The molecule has 0 aliphatic heterocycles. The molecular formula is C16H18N2O6. The summed E-state index contributed by atoms with van der Waals surface area (Å²) in [6, 6.07) is 6.21. The van der Waals surface area contributed by atoms with E-state index in [9.17, 15) is 9.59 Å². The van der Waals surface area contributed by atoms with Crippen molar-refractivity contribution < 1.29 is 28.3 Å². The molecular weight excluding hydrogens is 316 g/mol. The van der Waals surface area contributed by atoms with E-state index < -0.39 is 18.0 Å². The van der Waals surface area contributed by atoms with E-state index in [1.807, 2.05) is 0 Å². The third kappa shape index (κ3) is 4.03. The second-order valence-corrected chi connectivity index (χ2v) is 4.93. The van der Waals surface area contributed by atoms with E-state index in [-0.39, 0.29) is 11.4 Å². The number of benzene rings is 1. The molecule has 24 heavy (non-hydrogen) atoms. The predicted molar refractivity (Wildman–Crippen MR) is 84.3 cm³/mol. The maximum atomic E-state index is 12.2. The standard InChI is InChI=1S/C16H18N2O6/c1-9-7-14(18-24-9)17-15(19)10(2)23-16(20)12-6-5-11(21-3)8-13(12)22-4/h5-8,10H,1-4H3,(H,17,18,19)/t10-/m1/s1. The molecule has 8 heteroatoms. The molecule has 1 amide bonds. The average Bonchev–Trinajstić information content (AvgIpc) is 2.98. The summed E-state index contributed by atoms with van der Waals surface area (Å²) < 4.78 is 20.2. The monoisotopic (exact) mass is 334 g/mol. The van der Waals surface area contributed by atoms with E-state index in [2.05, 4.69) is 10.5 Å². The number of rotatable bonds is 6. The molecule has 128 valence electrons. The Kier molecular flexibility index (Phi) is 5.41. The van der Waals surface area contributed by atoms with Crippen LogP contribution in [-0.2, 0) is 9.53 Å². The molecule has 0 radical (unpaired) electrons. The SMILES string of the molecule is COc1ccc(C(=O)O[C@H](C)C(=O)Nc2cc(C)on2)c(OC)c1. The van der Waals surface area contributed by atoms with Gasteiger partial charge in [0.1, 0.15) is 22.8 Å². The summed E-state index contributed by atoms with van der Waals surface area (Å²) in [5.74, 6) is 0.424. The molecule has 2 aromatic rings. The van der Waals surface area contributed by atoms with Crippen LogP contribution in [0.4, 0.5) is 5.82 Å². The van der Waals surface area contributed by atoms with Crippen LogP contribution in [-0.4, -0.2) is 37.4 Å². The summed E-state index contributed by atoms with van der Waals surface area (Å²) in [4.78, 5) is 24.3. The lowest BCUT2D eigenvalue weighted by atomic mass is 10.2. The maximum absolute atomic E-state index is 12.2. The van der Waals surface area contributed by atoms with Crippen molar-refractivity contribution in [3.63, 3.8) is 0 Å². The molecule has 8 nitrogen and oxygen atoms in total. The molecule has 0 saturated heterocycles. The minimum Gasteiger partial charge on any atom is -0.497 e. The van der Waals surface area contributed by atoms with E-state index >= 15 is 0 Å². The van der Waals surface area contributed by atoms with Crippen LogP contribution in [0, 0.1) is 6.92 Å². The van der Waals surface area contributed by atoms with Gasteiger partial charge in [-0.3, -0.25) is 4.79 Å². The number of methoxy groups -OCH3 is 2. The van der Waals surface area contributed by atoms with Crippen LogP contribution in [0.2, 0.25) is 0 Å². The first-order valence-corrected chi connectivity index (χ1v) is 7.11. The number of anilines is 1. The molecule has 0 bridgehead atoms. The summed E-state index contributed by atoms with van der Waals surface area (Å²) in [6.45, 7) is 3.15. The third-order valence-corrected chi connectivity index (χ3v) is 3.16. The zero-order chi connectivity index (χ0) is 17.7. The molecule has 0 unspecified atom stereocenters. The van der Waals surface area contributed by atoms with E-state index in [1.54, 1.807) is 25.1 Å². The summed E-state index contributed by atoms with van der Waals surface area (Å²) in [7, 11) is 2.93. The summed E-state index contributed by atoms with van der Waals surface area (Å²) in [6.07, 6.45) is -1.03. The Bertz CT molecular complexity index is 740. The Hall–Kier alpha value is -3.03. The number of carbonyl (C=O) groups excluding carboxylic acids is 2. The fraction of sp³-hybridized carbons (Fsp3) is 0.312. The lowest BCUT2D eigenvalue weighted by Gasteiger charge is -2.14. The molecule has 1 N–H and O–H groups in total. The van der Waals surface area contributed by atoms with Gasteiger partial charge in [-0.05, 0) is 26.0 Å². The van der Waals surface area contributed by atoms with Gasteiger partial charge in [-0.25, -0.2) is 4.79 Å². The number of hydrogen-bond acceptors (Lipinski definition) is 7. The van der Waals surface area contributed by atoms with E-state index in [0.717, 1.165) is 0 Å². The van der Waals surface area contributed by atoms with Gasteiger partial charge in [0.05, 0.1) is 14.2 Å². The number of nitrogens with one attached hydrogen (secondary N) is 1. The number of amides is 1. The minimum absolute atomic E-state index is 0.190. The van der Waals surface area contributed by atoms with Crippen LogP contribution in [0.5, 0.6) is 11.5 Å². The highest BCUT2D eigenvalue weighted by molar-refractivity contribution is 5.98. The summed E-state index contributed by atoms with van der Waals surface area (Å²) in [5.41, 5.74) is 0.190. The van der Waals surface area contributed by atoms with Crippen molar-refractivity contribution in [3.05, 3.63) is 35.6 Å². The molecule has 0 aliphatic rings. The van der Waals surface area contributed by atoms with Crippen LogP contribution >= 0.6 is 0 Å². The van der Waals surface area contributed by atoms with E-state index in [0.29, 0.717) is 17.3 Å². The van der Waals surface area contributed by atoms with Gasteiger partial charge in [-0.15, -0.1) is 0 Å². The fourth-order valence-electron chi connectivity index (χ4n) is 1.90. The van der Waals surface area contributed by atoms with Crippen LogP contribution < -0.4 is 14.8 Å². The van der Waals surface area contributed by atoms with Gasteiger partial charge in [0, 0.05) is 12.1 Å². The van der Waals surface area contributed by atoms with Crippen molar-refractivity contribution in [1.82, 2.24) is 5.16 Å². The van der Waals surface area contributed by atoms with Gasteiger partial charge in [0.15, 0.2) is 11.9 Å². The first-order chi connectivity index (χ1) is 11.4. The number of carbonyl (C=O) groups is 2. The number of nitrogens with zero attached hydrogens (tertiary/aromatic N) is 1. The zero-order valence-electron chi connectivity index (χ0n) is 13.8. The largest absolute Gasteiger partial charge is 0.497 e. The fourth-order valence-corrected chi connectivity index (χ4v) is 1.90. The Morgan fingerprint density at radius 1 is 1.21 bits per heavy atom. The first-order valence-electron chi connectivity index (χ1n) is 7.11. The van der Waals surface area contributed by atoms with Gasteiger partial charge >= 0.3 is 5.97 Å². The van der Waals surface area contributed by atoms with Crippen molar-refractivity contribution in [2.75, 3.05) is 19.5 Å². The number of hydrogen-bond donors (Lipinski definition) is 1. The highest BCUT2D eigenvalue weighted by atomic mass is 16.5. The molecule has 0 saturated carbocycles. The van der Waals surface area contributed by atoms with Gasteiger partial charge in [0.2, 0.25) is 0 Å². The minimum atomic E-state index is -1.03. The number of ether oxygens (including phenoxy) is 3. The average molecular weight is 334 g/mol. The lowest BCUT2D eigenvalue weighted by molar-refractivity contribution is -0.123. The number of aromatic nitrogens is 1. The molecule has 0 fully saturated rings. The van der Waals surface area contributed by atoms with Crippen LogP contribution in [0.15, 0.2) is 28.8 Å². The maximum Gasteiger partial charge on any atom is 0.342 e. The molecule has 1 atom stereocenters. The van der Waals surface area contributed by atoms with Gasteiger partial charge in [0.25, 0.3) is 5.91 Å². The third-order valence-electron chi connectivity index (χ3n) is 3.16. The molecule has 1 aromatic heterocycles. The molecule has 2 rings (SSSR count). The highest BCUT2D eigenvalue weighted by Crippen LogP contribution is 2.25. The molecule has 1 aromatic carbocycles. The summed E-state index contributed by atoms with van der Waals surface area (Å²) >= 11 is 0. The van der Waals surface area contributed by atoms with E-state index in [1.165, 1.54) is 27.2 Å². The quantitative estimate of drug-likeness (QED) is 0.808. The predicted octanol–water partition coefficient (Wildman–Crippen LogP) is 2.18. The molecule has 0 spiro atoms. The van der Waals surface area contributed by atoms with Crippen molar-refractivity contribution in [3.8, 4) is 11.5 Å². The van der Waals surface area contributed by atoms with Crippen molar-refractivity contribution >= 4 is 17.7 Å². The Morgan fingerprint density at radius 3 is 2.54 bits per heavy atom. The zero-order valence-corrected chi connectivity index (χ0v) is 13.8. The number of aryl methyl sites for hydroxylation is 1. The molecule has 1 heterocycles. The smallest absolute Gasteiger partial charge is 0.342 e. The Labute approximate surface area is 138 Å². The normalized spacial score (nSPS) is 11.5. The Balaban J connectivity index is 2.04. The van der Waals surface area contributed by atoms with Crippen LogP contribution in [0.3, 0.4) is 0 Å². The highest BCUT2D eigenvalue weighted by Gasteiger charge is 2.22. The summed E-state index contributed by atoms with van der Waals surface area (Å²) in [5, 5.41) is 6.13. The number of esters is 1. The van der Waals surface area contributed by atoms with Gasteiger partial charge in [-0.2, -0.15) is 0 Å².